The second kappa shape index (κ2) is 7.13. The van der Waals surface area contributed by atoms with Crippen LogP contribution in [0, 0.1) is 0 Å². The second-order valence-corrected chi connectivity index (χ2v) is 5.48. The summed E-state index contributed by atoms with van der Waals surface area (Å²) in [4.78, 5) is 17.2. The fraction of sp³-hybridized carbons (Fsp3) is 0.333. The van der Waals surface area contributed by atoms with Gasteiger partial charge < -0.3 is 14.8 Å². The number of imidazole rings is 1. The molecule has 1 aromatic carbocycles. The SMILES string of the molecule is CN(C)C(=O)NCCc1cn(Cc2ccc(Cl)cc2)cn1. The van der Waals surface area contributed by atoms with Crippen molar-refractivity contribution in [2.75, 3.05) is 20.6 Å². The molecule has 112 valence electrons. The van der Waals surface area contributed by atoms with Crippen molar-refractivity contribution >= 4 is 17.6 Å². The number of nitrogens with zero attached hydrogens (tertiary/aromatic N) is 3. The number of halogens is 1. The Kier molecular flexibility index (Phi) is 5.22. The summed E-state index contributed by atoms with van der Waals surface area (Å²) in [7, 11) is 3.44. The van der Waals surface area contributed by atoms with Crippen LogP contribution in [-0.4, -0.2) is 41.1 Å². The highest BCUT2D eigenvalue weighted by Gasteiger charge is 2.04. The van der Waals surface area contributed by atoms with E-state index in [1.54, 1.807) is 20.4 Å². The lowest BCUT2D eigenvalue weighted by atomic mass is 10.2. The van der Waals surface area contributed by atoms with Gasteiger partial charge in [0.05, 0.1) is 12.0 Å². The minimum Gasteiger partial charge on any atom is -0.338 e. The Labute approximate surface area is 129 Å². The smallest absolute Gasteiger partial charge is 0.316 e. The lowest BCUT2D eigenvalue weighted by Crippen LogP contribution is -2.35. The molecule has 0 bridgehead atoms. The van der Waals surface area contributed by atoms with E-state index >= 15 is 0 Å². The molecule has 21 heavy (non-hydrogen) atoms. The first-order valence-electron chi connectivity index (χ1n) is 6.75. The van der Waals surface area contributed by atoms with Crippen LogP contribution in [0.5, 0.6) is 0 Å². The zero-order chi connectivity index (χ0) is 15.2. The summed E-state index contributed by atoms with van der Waals surface area (Å²) in [6, 6.07) is 7.67. The lowest BCUT2D eigenvalue weighted by Gasteiger charge is -2.10. The number of benzene rings is 1. The van der Waals surface area contributed by atoms with Crippen LogP contribution in [0.3, 0.4) is 0 Å². The topological polar surface area (TPSA) is 50.2 Å². The van der Waals surface area contributed by atoms with E-state index in [1.165, 1.54) is 10.5 Å². The molecule has 0 saturated carbocycles. The van der Waals surface area contributed by atoms with Crippen LogP contribution in [0.1, 0.15) is 11.3 Å². The largest absolute Gasteiger partial charge is 0.338 e. The highest BCUT2D eigenvalue weighted by Crippen LogP contribution is 2.11. The molecule has 2 aromatic rings. The molecule has 0 aliphatic carbocycles. The van der Waals surface area contributed by atoms with Crippen LogP contribution in [0.25, 0.3) is 0 Å². The summed E-state index contributed by atoms with van der Waals surface area (Å²) >= 11 is 5.87. The number of urea groups is 1. The molecule has 0 unspecified atom stereocenters. The lowest BCUT2D eigenvalue weighted by molar-refractivity contribution is 0.217. The van der Waals surface area contributed by atoms with Gasteiger partial charge in [-0.15, -0.1) is 0 Å². The van der Waals surface area contributed by atoms with Crippen molar-refractivity contribution in [3.8, 4) is 0 Å². The maximum atomic E-state index is 11.4. The Morgan fingerprint density at radius 2 is 2.05 bits per heavy atom. The third-order valence-corrected chi connectivity index (χ3v) is 3.28. The molecule has 2 rings (SSSR count). The fourth-order valence-corrected chi connectivity index (χ4v) is 2.00. The van der Waals surface area contributed by atoms with Gasteiger partial charge >= 0.3 is 6.03 Å². The van der Waals surface area contributed by atoms with Crippen molar-refractivity contribution in [1.82, 2.24) is 19.8 Å². The van der Waals surface area contributed by atoms with Crippen molar-refractivity contribution in [2.24, 2.45) is 0 Å². The average molecular weight is 307 g/mol. The highest BCUT2D eigenvalue weighted by atomic mass is 35.5. The number of hydrogen-bond acceptors (Lipinski definition) is 2. The summed E-state index contributed by atoms with van der Waals surface area (Å²) < 4.78 is 2.02. The first-order chi connectivity index (χ1) is 10.0. The fourth-order valence-electron chi connectivity index (χ4n) is 1.88. The van der Waals surface area contributed by atoms with Crippen LogP contribution >= 0.6 is 11.6 Å². The highest BCUT2D eigenvalue weighted by molar-refractivity contribution is 6.30. The van der Waals surface area contributed by atoms with Crippen molar-refractivity contribution < 1.29 is 4.79 Å². The Balaban J connectivity index is 1.84. The van der Waals surface area contributed by atoms with E-state index in [0.717, 1.165) is 17.3 Å². The molecule has 1 N–H and O–H groups in total. The van der Waals surface area contributed by atoms with Crippen molar-refractivity contribution in [2.45, 2.75) is 13.0 Å². The van der Waals surface area contributed by atoms with Gasteiger partial charge in [0, 0.05) is 44.8 Å². The summed E-state index contributed by atoms with van der Waals surface area (Å²) in [5, 5.41) is 3.56. The van der Waals surface area contributed by atoms with E-state index in [2.05, 4.69) is 10.3 Å². The number of aromatic nitrogens is 2. The van der Waals surface area contributed by atoms with Crippen molar-refractivity contribution in [1.29, 1.82) is 0 Å². The molecule has 0 spiro atoms. The van der Waals surface area contributed by atoms with E-state index in [0.29, 0.717) is 13.0 Å². The molecule has 6 heteroatoms. The summed E-state index contributed by atoms with van der Waals surface area (Å²) in [6.07, 6.45) is 4.52. The number of hydrogen-bond donors (Lipinski definition) is 1. The van der Waals surface area contributed by atoms with Crippen LogP contribution < -0.4 is 5.32 Å². The molecule has 1 aromatic heterocycles. The number of carbonyl (C=O) groups is 1. The molecule has 1 heterocycles. The first kappa shape index (κ1) is 15.4. The van der Waals surface area contributed by atoms with Crippen LogP contribution in [0.15, 0.2) is 36.8 Å². The van der Waals surface area contributed by atoms with E-state index in [9.17, 15) is 4.79 Å². The Morgan fingerprint density at radius 1 is 1.33 bits per heavy atom. The van der Waals surface area contributed by atoms with Crippen molar-refractivity contribution in [3.05, 3.63) is 53.1 Å². The minimum absolute atomic E-state index is 0.0874. The summed E-state index contributed by atoms with van der Waals surface area (Å²) in [5.41, 5.74) is 2.13. The quantitative estimate of drug-likeness (QED) is 0.922. The average Bonchev–Trinajstić information content (AvgIpc) is 2.89. The van der Waals surface area contributed by atoms with Gasteiger partial charge in [-0.2, -0.15) is 0 Å². The number of rotatable bonds is 5. The molecule has 0 saturated heterocycles. The molecule has 2 amide bonds. The predicted octanol–water partition coefficient (Wildman–Crippen LogP) is 2.40. The van der Waals surface area contributed by atoms with Gasteiger partial charge in [-0.1, -0.05) is 23.7 Å². The monoisotopic (exact) mass is 306 g/mol. The number of carbonyl (C=O) groups excluding carboxylic acids is 1. The van der Waals surface area contributed by atoms with Gasteiger partial charge in [-0.3, -0.25) is 0 Å². The zero-order valence-electron chi connectivity index (χ0n) is 12.2. The Bertz CT molecular complexity index is 592. The standard InChI is InChI=1S/C15H19ClN4O/c1-19(2)15(21)17-8-7-14-10-20(11-18-14)9-12-3-5-13(16)6-4-12/h3-6,10-11H,7-9H2,1-2H3,(H,17,21). The molecule has 0 atom stereocenters. The van der Waals surface area contributed by atoms with E-state index in [1.807, 2.05) is 35.0 Å². The van der Waals surface area contributed by atoms with Gasteiger partial charge in [-0.25, -0.2) is 9.78 Å². The predicted molar refractivity (Wildman–Crippen MR) is 83.6 cm³/mol. The third-order valence-electron chi connectivity index (χ3n) is 3.03. The van der Waals surface area contributed by atoms with Crippen LogP contribution in [0.2, 0.25) is 5.02 Å². The maximum absolute atomic E-state index is 11.4. The van der Waals surface area contributed by atoms with Crippen molar-refractivity contribution in [3.63, 3.8) is 0 Å². The van der Waals surface area contributed by atoms with E-state index < -0.39 is 0 Å². The second-order valence-electron chi connectivity index (χ2n) is 5.04. The molecular weight excluding hydrogens is 288 g/mol. The minimum atomic E-state index is -0.0874. The van der Waals surface area contributed by atoms with Gasteiger partial charge in [0.2, 0.25) is 0 Å². The summed E-state index contributed by atoms with van der Waals surface area (Å²) in [5.74, 6) is 0. The number of amides is 2. The van der Waals surface area contributed by atoms with Crippen LogP contribution in [-0.2, 0) is 13.0 Å². The first-order valence-corrected chi connectivity index (χ1v) is 7.12. The molecule has 5 nitrogen and oxygen atoms in total. The number of nitrogens with one attached hydrogen (secondary N) is 1. The van der Waals surface area contributed by atoms with Gasteiger partial charge in [0.1, 0.15) is 0 Å². The molecule has 0 fully saturated rings. The van der Waals surface area contributed by atoms with Crippen LogP contribution in [0.4, 0.5) is 4.79 Å². The molecular formula is C15H19ClN4O. The van der Waals surface area contributed by atoms with Gasteiger partial charge in [0.15, 0.2) is 0 Å². The van der Waals surface area contributed by atoms with E-state index in [4.69, 9.17) is 11.6 Å². The third kappa shape index (κ3) is 4.79. The maximum Gasteiger partial charge on any atom is 0.316 e. The Morgan fingerprint density at radius 3 is 2.71 bits per heavy atom. The zero-order valence-corrected chi connectivity index (χ0v) is 13.0. The molecule has 0 radical (unpaired) electrons. The van der Waals surface area contributed by atoms with Gasteiger partial charge in [0.25, 0.3) is 0 Å². The molecule has 0 aliphatic heterocycles. The van der Waals surface area contributed by atoms with Gasteiger partial charge in [-0.05, 0) is 17.7 Å². The Hall–Kier alpha value is -2.01. The normalized spacial score (nSPS) is 10.4. The summed E-state index contributed by atoms with van der Waals surface area (Å²) in [6.45, 7) is 1.34. The van der Waals surface area contributed by atoms with E-state index in [-0.39, 0.29) is 6.03 Å². The molecule has 0 aliphatic rings.